The normalized spacial score (nSPS) is 13.7. The number of amides is 1. The van der Waals surface area contributed by atoms with Crippen LogP contribution in [0, 0.1) is 13.8 Å². The zero-order valence-corrected chi connectivity index (χ0v) is 17.0. The number of fused-ring (bicyclic) bond motifs is 1. The molecule has 3 heterocycles. The SMILES string of the molecule is Cc1nc(C)c2c(N)c(C(=O)Nc3cc(C4CC4)nn3-c3ccccc3)sc2n1. The van der Waals surface area contributed by atoms with Gasteiger partial charge in [0, 0.05) is 12.0 Å². The van der Waals surface area contributed by atoms with Crippen LogP contribution in [0.4, 0.5) is 11.5 Å². The minimum atomic E-state index is -0.262. The van der Waals surface area contributed by atoms with Crippen molar-refractivity contribution in [2.24, 2.45) is 0 Å². The lowest BCUT2D eigenvalue weighted by molar-refractivity contribution is 0.103. The predicted octanol–water partition coefficient (Wildman–Crippen LogP) is 4.21. The van der Waals surface area contributed by atoms with Crippen molar-refractivity contribution in [3.63, 3.8) is 0 Å². The van der Waals surface area contributed by atoms with Gasteiger partial charge in [0.05, 0.1) is 28.1 Å². The molecule has 0 saturated heterocycles. The van der Waals surface area contributed by atoms with E-state index in [4.69, 9.17) is 10.8 Å². The smallest absolute Gasteiger partial charge is 0.269 e. The molecule has 3 N–H and O–H groups in total. The lowest BCUT2D eigenvalue weighted by Crippen LogP contribution is -2.15. The van der Waals surface area contributed by atoms with E-state index in [1.807, 2.05) is 50.2 Å². The number of anilines is 2. The van der Waals surface area contributed by atoms with E-state index in [0.717, 1.165) is 40.1 Å². The maximum absolute atomic E-state index is 13.1. The highest BCUT2D eigenvalue weighted by molar-refractivity contribution is 7.21. The highest BCUT2D eigenvalue weighted by atomic mass is 32.1. The van der Waals surface area contributed by atoms with Gasteiger partial charge in [-0.25, -0.2) is 14.6 Å². The summed E-state index contributed by atoms with van der Waals surface area (Å²) in [6.45, 7) is 3.72. The fourth-order valence-corrected chi connectivity index (χ4v) is 4.59. The number of nitrogen functional groups attached to an aromatic ring is 1. The molecule has 0 radical (unpaired) electrons. The Kier molecular flexibility index (Phi) is 4.09. The van der Waals surface area contributed by atoms with Gasteiger partial charge >= 0.3 is 0 Å². The van der Waals surface area contributed by atoms with Crippen LogP contribution < -0.4 is 11.1 Å². The van der Waals surface area contributed by atoms with Crippen molar-refractivity contribution < 1.29 is 4.79 Å². The Labute approximate surface area is 171 Å². The number of nitrogens with one attached hydrogen (secondary N) is 1. The van der Waals surface area contributed by atoms with Gasteiger partial charge in [-0.3, -0.25) is 4.79 Å². The molecule has 0 unspecified atom stereocenters. The van der Waals surface area contributed by atoms with Gasteiger partial charge in [-0.1, -0.05) is 18.2 Å². The number of thiophene rings is 1. The van der Waals surface area contributed by atoms with E-state index >= 15 is 0 Å². The van der Waals surface area contributed by atoms with Crippen molar-refractivity contribution >= 4 is 39.0 Å². The number of carbonyl (C=O) groups excluding carboxylic acids is 1. The van der Waals surface area contributed by atoms with Crippen molar-refractivity contribution in [3.8, 4) is 5.69 Å². The quantitative estimate of drug-likeness (QED) is 0.531. The van der Waals surface area contributed by atoms with Crippen LogP contribution in [-0.4, -0.2) is 25.7 Å². The predicted molar refractivity (Wildman–Crippen MR) is 115 cm³/mol. The number of aryl methyl sites for hydroxylation is 2. The van der Waals surface area contributed by atoms with Crippen molar-refractivity contribution in [2.75, 3.05) is 11.1 Å². The highest BCUT2D eigenvalue weighted by Crippen LogP contribution is 2.41. The first kappa shape index (κ1) is 17.8. The van der Waals surface area contributed by atoms with Crippen LogP contribution in [-0.2, 0) is 0 Å². The minimum absolute atomic E-state index is 0.262. The lowest BCUT2D eigenvalue weighted by atomic mass is 10.2. The van der Waals surface area contributed by atoms with Gasteiger partial charge in [0.2, 0.25) is 0 Å². The molecule has 29 heavy (non-hydrogen) atoms. The number of aromatic nitrogens is 4. The molecule has 3 aromatic heterocycles. The molecule has 5 rings (SSSR count). The van der Waals surface area contributed by atoms with E-state index in [1.54, 1.807) is 4.68 Å². The monoisotopic (exact) mass is 404 g/mol. The summed E-state index contributed by atoms with van der Waals surface area (Å²) < 4.78 is 1.78. The molecule has 0 aliphatic heterocycles. The van der Waals surface area contributed by atoms with Crippen LogP contribution in [0.1, 0.15) is 45.6 Å². The number of hydrogen-bond acceptors (Lipinski definition) is 6. The van der Waals surface area contributed by atoms with E-state index in [2.05, 4.69) is 15.3 Å². The molecule has 8 heteroatoms. The zero-order chi connectivity index (χ0) is 20.1. The number of nitrogens with zero attached hydrogens (tertiary/aromatic N) is 4. The number of nitrogens with two attached hydrogens (primary N) is 1. The Bertz CT molecular complexity index is 1240. The van der Waals surface area contributed by atoms with E-state index in [1.165, 1.54) is 11.3 Å². The first-order chi connectivity index (χ1) is 14.0. The summed E-state index contributed by atoms with van der Waals surface area (Å²) in [5.41, 5.74) is 9.42. The maximum Gasteiger partial charge on any atom is 0.269 e. The highest BCUT2D eigenvalue weighted by Gasteiger charge is 2.28. The Morgan fingerprint density at radius 2 is 1.97 bits per heavy atom. The molecule has 1 aliphatic carbocycles. The van der Waals surface area contributed by atoms with Gasteiger partial charge in [0.15, 0.2) is 0 Å². The number of hydrogen-bond donors (Lipinski definition) is 2. The maximum atomic E-state index is 13.1. The van der Waals surface area contributed by atoms with E-state index in [0.29, 0.717) is 28.1 Å². The molecule has 1 amide bonds. The van der Waals surface area contributed by atoms with Crippen molar-refractivity contribution in [2.45, 2.75) is 32.6 Å². The summed E-state index contributed by atoms with van der Waals surface area (Å²) in [6.07, 6.45) is 2.28. The van der Waals surface area contributed by atoms with Crippen molar-refractivity contribution in [1.82, 2.24) is 19.7 Å². The fourth-order valence-electron chi connectivity index (χ4n) is 3.51. The molecule has 0 atom stereocenters. The average Bonchev–Trinajstić information content (AvgIpc) is 3.38. The fraction of sp³-hybridized carbons (Fsp3) is 0.238. The molecule has 0 bridgehead atoms. The summed E-state index contributed by atoms with van der Waals surface area (Å²) in [7, 11) is 0. The molecular formula is C21H20N6OS. The number of para-hydroxylation sites is 1. The number of rotatable bonds is 4. The van der Waals surface area contributed by atoms with Crippen LogP contribution in [0.2, 0.25) is 0 Å². The Hall–Kier alpha value is -3.26. The third-order valence-electron chi connectivity index (χ3n) is 5.05. The Morgan fingerprint density at radius 3 is 2.69 bits per heavy atom. The first-order valence-electron chi connectivity index (χ1n) is 9.51. The molecule has 1 aliphatic rings. The zero-order valence-electron chi connectivity index (χ0n) is 16.1. The summed E-state index contributed by atoms with van der Waals surface area (Å²) in [5, 5.41) is 8.49. The van der Waals surface area contributed by atoms with Gasteiger partial charge in [-0.15, -0.1) is 11.3 Å². The molecule has 0 spiro atoms. The lowest BCUT2D eigenvalue weighted by Gasteiger charge is -2.08. The van der Waals surface area contributed by atoms with Gasteiger partial charge < -0.3 is 11.1 Å². The minimum Gasteiger partial charge on any atom is -0.397 e. The van der Waals surface area contributed by atoms with Crippen LogP contribution in [0.5, 0.6) is 0 Å². The van der Waals surface area contributed by atoms with Crippen LogP contribution in [0.15, 0.2) is 36.4 Å². The largest absolute Gasteiger partial charge is 0.397 e. The number of benzene rings is 1. The molecule has 146 valence electrons. The number of carbonyl (C=O) groups is 1. The van der Waals surface area contributed by atoms with E-state index < -0.39 is 0 Å². The molecule has 1 fully saturated rings. The molecule has 4 aromatic rings. The van der Waals surface area contributed by atoms with Crippen LogP contribution in [0.3, 0.4) is 0 Å². The van der Waals surface area contributed by atoms with Crippen molar-refractivity contribution in [3.05, 3.63) is 58.5 Å². The van der Waals surface area contributed by atoms with Crippen molar-refractivity contribution in [1.29, 1.82) is 0 Å². The second-order valence-electron chi connectivity index (χ2n) is 7.31. The second-order valence-corrected chi connectivity index (χ2v) is 8.31. The average molecular weight is 404 g/mol. The second kappa shape index (κ2) is 6.66. The van der Waals surface area contributed by atoms with E-state index in [9.17, 15) is 4.79 Å². The summed E-state index contributed by atoms with van der Waals surface area (Å²) >= 11 is 1.29. The first-order valence-corrected chi connectivity index (χ1v) is 10.3. The molecule has 7 nitrogen and oxygen atoms in total. The van der Waals surface area contributed by atoms with Gasteiger partial charge in [0.25, 0.3) is 5.91 Å². The summed E-state index contributed by atoms with van der Waals surface area (Å²) in [5.74, 6) is 1.52. The van der Waals surface area contributed by atoms with Gasteiger partial charge in [-0.2, -0.15) is 5.10 Å². The van der Waals surface area contributed by atoms with Gasteiger partial charge in [-0.05, 0) is 38.8 Å². The summed E-state index contributed by atoms with van der Waals surface area (Å²) in [6, 6.07) is 11.8. The van der Waals surface area contributed by atoms with Crippen LogP contribution >= 0.6 is 11.3 Å². The third kappa shape index (κ3) is 3.15. The Morgan fingerprint density at radius 1 is 1.21 bits per heavy atom. The Balaban J connectivity index is 1.54. The van der Waals surface area contributed by atoms with Crippen LogP contribution in [0.25, 0.3) is 15.9 Å². The molecule has 1 saturated carbocycles. The standard InChI is InChI=1S/C21H20N6OS/c1-11-17-18(22)19(29-21(17)24-12(2)23-11)20(28)25-16-10-15(13-8-9-13)26-27(16)14-6-4-3-5-7-14/h3-7,10,13H,8-9,22H2,1-2H3,(H,25,28). The van der Waals surface area contributed by atoms with Gasteiger partial charge in [0.1, 0.15) is 21.3 Å². The summed E-state index contributed by atoms with van der Waals surface area (Å²) in [4.78, 5) is 23.1. The topological polar surface area (TPSA) is 98.7 Å². The van der Waals surface area contributed by atoms with E-state index in [-0.39, 0.29) is 5.91 Å². The molecular weight excluding hydrogens is 384 g/mol. The third-order valence-corrected chi connectivity index (χ3v) is 6.15. The molecule has 1 aromatic carbocycles.